The SMILES string of the molecule is CN1C(=O)Cc2cc(C(Br)c3cccc(Cl)c3)ccc21. The molecule has 3 rings (SSSR count). The van der Waals surface area contributed by atoms with Crippen molar-refractivity contribution in [2.45, 2.75) is 11.2 Å². The summed E-state index contributed by atoms with van der Waals surface area (Å²) in [7, 11) is 1.82. The number of hydrogen-bond acceptors (Lipinski definition) is 1. The van der Waals surface area contributed by atoms with Gasteiger partial charge in [-0.15, -0.1) is 0 Å². The van der Waals surface area contributed by atoms with Crippen LogP contribution in [0.5, 0.6) is 0 Å². The van der Waals surface area contributed by atoms with Crippen molar-refractivity contribution in [1.29, 1.82) is 0 Å². The molecule has 1 unspecified atom stereocenters. The van der Waals surface area contributed by atoms with Crippen LogP contribution in [0.1, 0.15) is 21.5 Å². The van der Waals surface area contributed by atoms with Crippen LogP contribution in [-0.2, 0) is 11.2 Å². The first-order chi connectivity index (χ1) is 9.56. The van der Waals surface area contributed by atoms with Gasteiger partial charge in [0.05, 0.1) is 11.2 Å². The van der Waals surface area contributed by atoms with Crippen molar-refractivity contribution < 1.29 is 4.79 Å². The van der Waals surface area contributed by atoms with Crippen molar-refractivity contribution in [3.8, 4) is 0 Å². The Balaban J connectivity index is 1.96. The summed E-state index contributed by atoms with van der Waals surface area (Å²) in [6.45, 7) is 0. The third-order valence-corrected chi connectivity index (χ3v) is 4.91. The Morgan fingerprint density at radius 3 is 2.70 bits per heavy atom. The van der Waals surface area contributed by atoms with Crippen LogP contribution in [0.15, 0.2) is 42.5 Å². The van der Waals surface area contributed by atoms with E-state index in [-0.39, 0.29) is 10.7 Å². The van der Waals surface area contributed by atoms with Crippen LogP contribution in [0.3, 0.4) is 0 Å². The third-order valence-electron chi connectivity index (χ3n) is 3.61. The summed E-state index contributed by atoms with van der Waals surface area (Å²) < 4.78 is 0. The molecule has 0 saturated carbocycles. The highest BCUT2D eigenvalue weighted by Crippen LogP contribution is 2.36. The lowest BCUT2D eigenvalue weighted by molar-refractivity contribution is -0.117. The lowest BCUT2D eigenvalue weighted by Gasteiger charge is -2.14. The molecule has 1 amide bonds. The largest absolute Gasteiger partial charge is 0.315 e. The number of halogens is 2. The molecule has 0 bridgehead atoms. The first-order valence-corrected chi connectivity index (χ1v) is 7.64. The first-order valence-electron chi connectivity index (χ1n) is 6.35. The fraction of sp³-hybridized carbons (Fsp3) is 0.188. The Kier molecular flexibility index (Phi) is 3.57. The summed E-state index contributed by atoms with van der Waals surface area (Å²) in [6.07, 6.45) is 0.481. The van der Waals surface area contributed by atoms with Crippen molar-refractivity contribution in [3.05, 3.63) is 64.2 Å². The van der Waals surface area contributed by atoms with E-state index in [2.05, 4.69) is 22.0 Å². The van der Waals surface area contributed by atoms with E-state index in [0.29, 0.717) is 6.42 Å². The molecule has 0 N–H and O–H groups in total. The number of fused-ring (bicyclic) bond motifs is 1. The summed E-state index contributed by atoms with van der Waals surface area (Å²) in [5.74, 6) is 0.144. The van der Waals surface area contributed by atoms with Crippen LogP contribution >= 0.6 is 27.5 Å². The van der Waals surface area contributed by atoms with Crippen LogP contribution in [0.4, 0.5) is 5.69 Å². The fourth-order valence-electron chi connectivity index (χ4n) is 2.50. The topological polar surface area (TPSA) is 20.3 Å². The minimum atomic E-state index is 0.0764. The lowest BCUT2D eigenvalue weighted by atomic mass is 10.0. The predicted molar refractivity (Wildman–Crippen MR) is 85.8 cm³/mol. The zero-order valence-electron chi connectivity index (χ0n) is 10.9. The van der Waals surface area contributed by atoms with E-state index in [4.69, 9.17) is 11.6 Å². The number of amides is 1. The molecular weight excluding hydrogens is 338 g/mol. The number of anilines is 1. The number of carbonyl (C=O) groups excluding carboxylic acids is 1. The van der Waals surface area contributed by atoms with Gasteiger partial charge in [0.1, 0.15) is 0 Å². The maximum absolute atomic E-state index is 11.7. The highest BCUT2D eigenvalue weighted by Gasteiger charge is 2.24. The summed E-state index contributed by atoms with van der Waals surface area (Å²) in [6, 6.07) is 13.9. The zero-order chi connectivity index (χ0) is 14.3. The van der Waals surface area contributed by atoms with Gasteiger partial charge in [0.15, 0.2) is 0 Å². The number of benzene rings is 2. The average molecular weight is 351 g/mol. The molecule has 2 aromatic rings. The molecule has 1 aliphatic rings. The van der Waals surface area contributed by atoms with E-state index in [9.17, 15) is 4.79 Å². The Bertz CT molecular complexity index is 686. The molecule has 1 atom stereocenters. The normalized spacial score (nSPS) is 15.3. The van der Waals surface area contributed by atoms with E-state index < -0.39 is 0 Å². The Morgan fingerprint density at radius 2 is 1.95 bits per heavy atom. The molecule has 2 nitrogen and oxygen atoms in total. The van der Waals surface area contributed by atoms with Crippen molar-refractivity contribution in [3.63, 3.8) is 0 Å². The molecule has 0 radical (unpaired) electrons. The average Bonchev–Trinajstić information content (AvgIpc) is 2.73. The van der Waals surface area contributed by atoms with Crippen LogP contribution in [0.2, 0.25) is 5.02 Å². The van der Waals surface area contributed by atoms with Gasteiger partial charge in [0.25, 0.3) is 0 Å². The first kappa shape index (κ1) is 13.7. The summed E-state index contributed by atoms with van der Waals surface area (Å²) in [5.41, 5.74) is 4.33. The Morgan fingerprint density at radius 1 is 1.20 bits per heavy atom. The van der Waals surface area contributed by atoms with Crippen LogP contribution < -0.4 is 4.90 Å². The van der Waals surface area contributed by atoms with Gasteiger partial charge < -0.3 is 4.90 Å². The quantitative estimate of drug-likeness (QED) is 0.738. The second-order valence-corrected chi connectivity index (χ2v) is 6.29. The third kappa shape index (κ3) is 2.36. The Hall–Kier alpha value is -1.32. The van der Waals surface area contributed by atoms with Crippen molar-refractivity contribution >= 4 is 39.1 Å². The molecule has 0 saturated heterocycles. The van der Waals surface area contributed by atoms with E-state index in [1.165, 1.54) is 0 Å². The molecule has 20 heavy (non-hydrogen) atoms. The number of carbonyl (C=O) groups is 1. The monoisotopic (exact) mass is 349 g/mol. The molecule has 0 aliphatic carbocycles. The highest BCUT2D eigenvalue weighted by atomic mass is 79.9. The molecule has 0 fully saturated rings. The lowest BCUT2D eigenvalue weighted by Crippen LogP contribution is -2.20. The van der Waals surface area contributed by atoms with Crippen molar-refractivity contribution in [2.24, 2.45) is 0 Å². The van der Waals surface area contributed by atoms with Crippen molar-refractivity contribution in [1.82, 2.24) is 0 Å². The van der Waals surface area contributed by atoms with E-state index in [1.54, 1.807) is 4.90 Å². The highest BCUT2D eigenvalue weighted by molar-refractivity contribution is 9.09. The van der Waals surface area contributed by atoms with E-state index in [1.807, 2.05) is 43.4 Å². The Labute approximate surface area is 131 Å². The van der Waals surface area contributed by atoms with Gasteiger partial charge in [0, 0.05) is 17.8 Å². The van der Waals surface area contributed by atoms with Gasteiger partial charge in [-0.05, 0) is 34.9 Å². The van der Waals surface area contributed by atoms with E-state index >= 15 is 0 Å². The maximum Gasteiger partial charge on any atom is 0.231 e. The molecule has 0 aromatic heterocycles. The zero-order valence-corrected chi connectivity index (χ0v) is 13.3. The van der Waals surface area contributed by atoms with Crippen LogP contribution in [0, 0.1) is 0 Å². The maximum atomic E-state index is 11.7. The van der Waals surface area contributed by atoms with Gasteiger partial charge in [-0.1, -0.05) is 51.8 Å². The van der Waals surface area contributed by atoms with Crippen LogP contribution in [-0.4, -0.2) is 13.0 Å². The van der Waals surface area contributed by atoms with Crippen molar-refractivity contribution in [2.75, 3.05) is 11.9 Å². The van der Waals surface area contributed by atoms with Gasteiger partial charge in [-0.2, -0.15) is 0 Å². The van der Waals surface area contributed by atoms with Crippen LogP contribution in [0.25, 0.3) is 0 Å². The molecule has 102 valence electrons. The number of alkyl halides is 1. The fourth-order valence-corrected chi connectivity index (χ4v) is 3.27. The summed E-state index contributed by atoms with van der Waals surface area (Å²) in [5, 5.41) is 0.725. The van der Waals surface area contributed by atoms with E-state index in [0.717, 1.165) is 27.4 Å². The standard InChI is InChI=1S/C16H13BrClNO/c1-19-14-6-5-11(7-12(14)9-15(19)20)16(17)10-3-2-4-13(18)8-10/h2-8,16H,9H2,1H3. The van der Waals surface area contributed by atoms with Gasteiger partial charge in [-0.25, -0.2) is 0 Å². The number of hydrogen-bond donors (Lipinski definition) is 0. The minimum absolute atomic E-state index is 0.0764. The molecule has 1 aliphatic heterocycles. The number of rotatable bonds is 2. The summed E-state index contributed by atoms with van der Waals surface area (Å²) >= 11 is 9.75. The second kappa shape index (κ2) is 5.23. The number of nitrogens with zero attached hydrogens (tertiary/aromatic N) is 1. The predicted octanol–water partition coefficient (Wildman–Crippen LogP) is 4.34. The minimum Gasteiger partial charge on any atom is -0.315 e. The molecule has 0 spiro atoms. The smallest absolute Gasteiger partial charge is 0.231 e. The molecule has 4 heteroatoms. The van der Waals surface area contributed by atoms with Gasteiger partial charge in [0.2, 0.25) is 5.91 Å². The summed E-state index contributed by atoms with van der Waals surface area (Å²) in [4.78, 5) is 13.5. The van der Waals surface area contributed by atoms with Gasteiger partial charge in [-0.3, -0.25) is 4.79 Å². The molecule has 1 heterocycles. The second-order valence-electron chi connectivity index (χ2n) is 4.94. The molecular formula is C16H13BrClNO. The number of likely N-dealkylation sites (N-methyl/N-ethyl adjacent to an activating group) is 1. The van der Waals surface area contributed by atoms with Gasteiger partial charge >= 0.3 is 0 Å². The molecule has 2 aromatic carbocycles.